The number of allylic oxidation sites excluding steroid dienone is 5. The van der Waals surface area contributed by atoms with Gasteiger partial charge in [0, 0.05) is 38.0 Å². The maximum Gasteiger partial charge on any atom is 0.226 e. The van der Waals surface area contributed by atoms with E-state index in [0.29, 0.717) is 19.4 Å². The number of para-hydroxylation sites is 1. The molecule has 0 aromatic heterocycles. The highest BCUT2D eigenvalue weighted by atomic mass is 19.1. The number of hydrogen-bond donors (Lipinski definition) is 4. The highest BCUT2D eigenvalue weighted by molar-refractivity contribution is 5.91. The van der Waals surface area contributed by atoms with E-state index in [2.05, 4.69) is 22.5 Å². The standard InChI is InChI=1S/C27H33F2N3O4/c1-2-6-21-22(15-31-26(21)34)27(35)32-24(11-16-9-17(28)12-18(29)10-16)25(33)23-13-20(14-30-23)36-19-7-4-3-5-8-19/h2-5,7-9,12,16,20-25,30,33H,1,6,10-11,13-15H2,(H,31,34)(H,32,35)/t16?,20-,21?,22?,23-,24+,25-/m1/s1. The summed E-state index contributed by atoms with van der Waals surface area (Å²) in [6.45, 7) is 4.37. The van der Waals surface area contributed by atoms with Crippen molar-refractivity contribution in [2.24, 2.45) is 17.8 Å². The Bertz CT molecular complexity index is 1020. The average molecular weight is 502 g/mol. The first kappa shape index (κ1) is 26.0. The van der Waals surface area contributed by atoms with E-state index in [-0.39, 0.29) is 37.3 Å². The Kier molecular flexibility index (Phi) is 8.53. The van der Waals surface area contributed by atoms with Crippen LogP contribution in [0.2, 0.25) is 0 Å². The molecule has 4 N–H and O–H groups in total. The second kappa shape index (κ2) is 11.8. The van der Waals surface area contributed by atoms with Crippen molar-refractivity contribution in [1.29, 1.82) is 0 Å². The molecule has 7 atom stereocenters. The zero-order valence-corrected chi connectivity index (χ0v) is 20.0. The quantitative estimate of drug-likeness (QED) is 0.370. The molecule has 0 saturated carbocycles. The van der Waals surface area contributed by atoms with Gasteiger partial charge in [0.1, 0.15) is 23.5 Å². The van der Waals surface area contributed by atoms with E-state index in [1.807, 2.05) is 30.3 Å². The van der Waals surface area contributed by atoms with Crippen molar-refractivity contribution < 1.29 is 28.2 Å². The molecular formula is C27H33F2N3O4. The van der Waals surface area contributed by atoms with Crippen LogP contribution in [0.1, 0.15) is 25.7 Å². The second-order valence-corrected chi connectivity index (χ2v) is 9.73. The fraction of sp³-hybridized carbons (Fsp3) is 0.481. The fourth-order valence-electron chi connectivity index (χ4n) is 5.29. The summed E-state index contributed by atoms with van der Waals surface area (Å²) in [6, 6.07) is 8.18. The van der Waals surface area contributed by atoms with Gasteiger partial charge in [-0.15, -0.1) is 6.58 Å². The number of nitrogens with one attached hydrogen (secondary N) is 3. The number of hydrogen-bond acceptors (Lipinski definition) is 5. The lowest BCUT2D eigenvalue weighted by Gasteiger charge is -2.32. The van der Waals surface area contributed by atoms with Crippen molar-refractivity contribution in [3.8, 4) is 5.75 Å². The lowest BCUT2D eigenvalue weighted by molar-refractivity contribution is -0.131. The maximum atomic E-state index is 13.9. The molecule has 4 rings (SSSR count). The first-order valence-electron chi connectivity index (χ1n) is 12.4. The molecule has 194 valence electrons. The monoisotopic (exact) mass is 501 g/mol. The van der Waals surface area contributed by atoms with Gasteiger partial charge >= 0.3 is 0 Å². The van der Waals surface area contributed by atoms with Gasteiger partial charge in [0.05, 0.1) is 24.0 Å². The van der Waals surface area contributed by atoms with Crippen LogP contribution in [-0.2, 0) is 9.59 Å². The fourth-order valence-corrected chi connectivity index (χ4v) is 5.29. The second-order valence-electron chi connectivity index (χ2n) is 9.73. The minimum Gasteiger partial charge on any atom is -0.489 e. The largest absolute Gasteiger partial charge is 0.489 e. The van der Waals surface area contributed by atoms with E-state index < -0.39 is 47.6 Å². The summed E-state index contributed by atoms with van der Waals surface area (Å²) in [6.07, 6.45) is 3.54. The molecule has 2 fully saturated rings. The number of aliphatic hydroxyl groups is 1. The van der Waals surface area contributed by atoms with E-state index >= 15 is 0 Å². The van der Waals surface area contributed by atoms with E-state index in [1.54, 1.807) is 6.08 Å². The zero-order chi connectivity index (χ0) is 25.7. The van der Waals surface area contributed by atoms with Gasteiger partial charge < -0.3 is 25.8 Å². The highest BCUT2D eigenvalue weighted by Gasteiger charge is 2.42. The van der Waals surface area contributed by atoms with Crippen molar-refractivity contribution in [2.45, 2.75) is 50.0 Å². The summed E-state index contributed by atoms with van der Waals surface area (Å²) < 4.78 is 33.8. The third kappa shape index (κ3) is 6.39. The average Bonchev–Trinajstić information content (AvgIpc) is 3.45. The Balaban J connectivity index is 1.45. The van der Waals surface area contributed by atoms with Crippen molar-refractivity contribution in [3.05, 3.63) is 66.8 Å². The molecule has 3 aliphatic rings. The Hall–Kier alpha value is -3.04. The van der Waals surface area contributed by atoms with Crippen molar-refractivity contribution in [2.75, 3.05) is 13.1 Å². The summed E-state index contributed by atoms with van der Waals surface area (Å²) in [5, 5.41) is 20.2. The van der Waals surface area contributed by atoms with Gasteiger partial charge in [-0.2, -0.15) is 0 Å². The number of halogens is 2. The smallest absolute Gasteiger partial charge is 0.226 e. The summed E-state index contributed by atoms with van der Waals surface area (Å²) in [7, 11) is 0. The van der Waals surface area contributed by atoms with Crippen molar-refractivity contribution >= 4 is 11.8 Å². The predicted molar refractivity (Wildman–Crippen MR) is 131 cm³/mol. The van der Waals surface area contributed by atoms with Gasteiger partial charge in [0.25, 0.3) is 0 Å². The Morgan fingerprint density at radius 3 is 2.78 bits per heavy atom. The van der Waals surface area contributed by atoms with E-state index in [1.165, 1.54) is 6.08 Å². The van der Waals surface area contributed by atoms with Crippen LogP contribution >= 0.6 is 0 Å². The lowest BCUT2D eigenvalue weighted by Crippen LogP contribution is -2.53. The molecule has 2 aliphatic heterocycles. The van der Waals surface area contributed by atoms with Crippen LogP contribution in [-0.4, -0.2) is 54.3 Å². The van der Waals surface area contributed by atoms with Gasteiger partial charge in [-0.05, 0) is 37.0 Å². The number of carbonyl (C=O) groups excluding carboxylic acids is 2. The molecule has 1 aliphatic carbocycles. The number of benzene rings is 1. The summed E-state index contributed by atoms with van der Waals surface area (Å²) in [5.74, 6) is -2.81. The molecule has 0 bridgehead atoms. The lowest BCUT2D eigenvalue weighted by atomic mass is 9.86. The molecule has 2 heterocycles. The molecule has 2 saturated heterocycles. The van der Waals surface area contributed by atoms with Gasteiger partial charge in [-0.3, -0.25) is 9.59 Å². The molecule has 7 nitrogen and oxygen atoms in total. The number of ether oxygens (including phenoxy) is 1. The van der Waals surface area contributed by atoms with Crippen LogP contribution in [0.4, 0.5) is 8.78 Å². The third-order valence-corrected chi connectivity index (χ3v) is 7.10. The number of carbonyl (C=O) groups is 2. The molecule has 1 aromatic carbocycles. The zero-order valence-electron chi connectivity index (χ0n) is 20.0. The van der Waals surface area contributed by atoms with Crippen LogP contribution in [0, 0.1) is 17.8 Å². The minimum atomic E-state index is -1.04. The molecule has 1 aromatic rings. The number of amides is 2. The summed E-state index contributed by atoms with van der Waals surface area (Å²) in [5.41, 5.74) is 0. The first-order chi connectivity index (χ1) is 17.3. The molecular weight excluding hydrogens is 468 g/mol. The Labute approximate surface area is 209 Å². The van der Waals surface area contributed by atoms with Gasteiger partial charge in [0.2, 0.25) is 11.8 Å². The molecule has 2 amide bonds. The van der Waals surface area contributed by atoms with Gasteiger partial charge in [0.15, 0.2) is 0 Å². The topological polar surface area (TPSA) is 99.7 Å². The van der Waals surface area contributed by atoms with E-state index in [4.69, 9.17) is 4.74 Å². The van der Waals surface area contributed by atoms with Crippen LogP contribution in [0.25, 0.3) is 0 Å². The predicted octanol–water partition coefficient (Wildman–Crippen LogP) is 2.70. The third-order valence-electron chi connectivity index (χ3n) is 7.10. The molecule has 0 spiro atoms. The van der Waals surface area contributed by atoms with Crippen molar-refractivity contribution in [1.82, 2.24) is 16.0 Å². The first-order valence-corrected chi connectivity index (χ1v) is 12.4. The Morgan fingerprint density at radius 1 is 1.28 bits per heavy atom. The summed E-state index contributed by atoms with van der Waals surface area (Å²) in [4.78, 5) is 25.4. The molecule has 9 heteroatoms. The normalized spacial score (nSPS) is 29.5. The number of rotatable bonds is 10. The molecule has 3 unspecified atom stereocenters. The van der Waals surface area contributed by atoms with Crippen LogP contribution in [0.5, 0.6) is 5.75 Å². The Morgan fingerprint density at radius 2 is 2.06 bits per heavy atom. The van der Waals surface area contributed by atoms with Crippen LogP contribution in [0.15, 0.2) is 66.8 Å². The van der Waals surface area contributed by atoms with Crippen LogP contribution < -0.4 is 20.7 Å². The maximum absolute atomic E-state index is 13.9. The van der Waals surface area contributed by atoms with Gasteiger partial charge in [-0.25, -0.2) is 8.78 Å². The van der Waals surface area contributed by atoms with Crippen LogP contribution in [0.3, 0.4) is 0 Å². The van der Waals surface area contributed by atoms with Gasteiger partial charge in [-0.1, -0.05) is 24.3 Å². The molecule has 0 radical (unpaired) electrons. The van der Waals surface area contributed by atoms with Crippen molar-refractivity contribution in [3.63, 3.8) is 0 Å². The summed E-state index contributed by atoms with van der Waals surface area (Å²) >= 11 is 0. The van der Waals surface area contributed by atoms with E-state index in [9.17, 15) is 23.5 Å². The van der Waals surface area contributed by atoms with E-state index in [0.717, 1.165) is 11.8 Å². The molecule has 36 heavy (non-hydrogen) atoms. The number of aliphatic hydroxyl groups excluding tert-OH is 1. The minimum absolute atomic E-state index is 0.00704. The highest BCUT2D eigenvalue weighted by Crippen LogP contribution is 2.30. The SMILES string of the molecule is C=CCC1C(=O)NCC1C(=O)N[C@@H](CC1C=C(F)C=C(F)C1)[C@H](O)[C@H]1C[C@@H](Oc2ccccc2)CN1.